The van der Waals surface area contributed by atoms with Crippen LogP contribution in [0.1, 0.15) is 37.1 Å². The number of alkyl halides is 3. The zero-order valence-corrected chi connectivity index (χ0v) is 24.0. The van der Waals surface area contributed by atoms with Crippen LogP contribution in [0.5, 0.6) is 11.5 Å². The van der Waals surface area contributed by atoms with Crippen molar-refractivity contribution < 1.29 is 84.3 Å². The number of nitrogens with one attached hydrogen (secondary N) is 1. The van der Waals surface area contributed by atoms with Gasteiger partial charge >= 0.3 is 57.7 Å². The van der Waals surface area contributed by atoms with Gasteiger partial charge in [-0.25, -0.2) is 0 Å². The summed E-state index contributed by atoms with van der Waals surface area (Å²) in [6.07, 6.45) is -4.75. The van der Waals surface area contributed by atoms with Gasteiger partial charge in [0, 0.05) is 23.2 Å². The third kappa shape index (κ3) is 10.6. The molecule has 0 spiro atoms. The number of aliphatic carboxylic acids is 1. The Labute approximate surface area is 247 Å². The van der Waals surface area contributed by atoms with E-state index in [9.17, 15) is 18.3 Å². The van der Waals surface area contributed by atoms with Crippen LogP contribution in [0.4, 0.5) is 18.9 Å². The van der Waals surface area contributed by atoms with E-state index in [1.165, 1.54) is 18.9 Å². The first kappa shape index (κ1) is 32.8. The summed E-state index contributed by atoms with van der Waals surface area (Å²) in [6.45, 7) is 5.08. The Balaban J connectivity index is 0.00000141. The van der Waals surface area contributed by atoms with Gasteiger partial charge in [-0.1, -0.05) is 37.6 Å². The SMILES string of the molecule is CC.CC(=O)O.COc1cccc(C2SC/C(=N\[N-]C(F)(F)F)Nc3ccc(Cl)cc32)c1O.[K+]. The molecule has 0 saturated carbocycles. The molecule has 1 aliphatic heterocycles. The molecule has 0 radical (unpaired) electrons. The molecule has 0 aliphatic carbocycles. The van der Waals surface area contributed by atoms with Gasteiger partial charge in [0.25, 0.3) is 5.97 Å². The molecule has 1 atom stereocenters. The second-order valence-corrected chi connectivity index (χ2v) is 7.61. The van der Waals surface area contributed by atoms with E-state index in [-0.39, 0.29) is 68.7 Å². The van der Waals surface area contributed by atoms with E-state index in [0.29, 0.717) is 27.6 Å². The molecule has 0 saturated heterocycles. The number of rotatable bonds is 3. The zero-order chi connectivity index (χ0) is 25.2. The average Bonchev–Trinajstić information content (AvgIpc) is 2.92. The first-order valence-corrected chi connectivity index (χ1v) is 11.0. The molecule has 3 rings (SSSR count). The summed E-state index contributed by atoms with van der Waals surface area (Å²) >= 11 is 7.40. The van der Waals surface area contributed by atoms with Crippen molar-refractivity contribution in [1.82, 2.24) is 0 Å². The van der Waals surface area contributed by atoms with Crippen molar-refractivity contribution in [1.29, 1.82) is 0 Å². The molecule has 0 bridgehead atoms. The van der Waals surface area contributed by atoms with E-state index >= 15 is 0 Å². The van der Waals surface area contributed by atoms with Crippen molar-refractivity contribution in [2.45, 2.75) is 32.3 Å². The average molecular weight is 546 g/mol. The number of phenols is 1. The number of hydrogen-bond acceptors (Lipinski definition) is 5. The summed E-state index contributed by atoms with van der Waals surface area (Å²) in [5, 5.41) is 24.1. The normalized spacial score (nSPS) is 15.5. The van der Waals surface area contributed by atoms with Crippen LogP contribution in [-0.2, 0) is 4.79 Å². The number of carbonyl (C=O) groups is 1. The minimum atomic E-state index is -4.75. The zero-order valence-electron chi connectivity index (χ0n) is 19.3. The number of methoxy groups -OCH3 is 1. The smallest absolute Gasteiger partial charge is 0.513 e. The van der Waals surface area contributed by atoms with E-state index in [1.54, 1.807) is 36.4 Å². The molecule has 1 unspecified atom stereocenters. The van der Waals surface area contributed by atoms with Gasteiger partial charge in [-0.3, -0.25) is 4.79 Å². The van der Waals surface area contributed by atoms with Gasteiger partial charge in [-0.05, 0) is 29.8 Å². The monoisotopic (exact) mass is 545 g/mol. The number of thioether (sulfide) groups is 1. The maximum Gasteiger partial charge on any atom is 1.00 e. The van der Waals surface area contributed by atoms with E-state index in [1.807, 2.05) is 13.8 Å². The number of para-hydroxylation sites is 1. The van der Waals surface area contributed by atoms with Gasteiger partial charge in [0.15, 0.2) is 11.5 Å². The third-order valence-electron chi connectivity index (χ3n) is 3.78. The summed E-state index contributed by atoms with van der Waals surface area (Å²) in [6, 6.07) is 10.0. The maximum absolute atomic E-state index is 12.4. The van der Waals surface area contributed by atoms with E-state index in [2.05, 4.69) is 15.8 Å². The quantitative estimate of drug-likeness (QED) is 0.309. The number of anilines is 1. The summed E-state index contributed by atoms with van der Waals surface area (Å²) in [7, 11) is 1.44. The van der Waals surface area contributed by atoms with Crippen LogP contribution in [0.2, 0.25) is 5.02 Å². The van der Waals surface area contributed by atoms with Gasteiger partial charge in [0.2, 0.25) is 0 Å². The summed E-state index contributed by atoms with van der Waals surface area (Å²) < 4.78 is 42.3. The third-order valence-corrected chi connectivity index (χ3v) is 5.29. The Morgan fingerprint density at radius 1 is 1.26 bits per heavy atom. The molecular weight excluding hydrogens is 522 g/mol. The minimum Gasteiger partial charge on any atom is -0.513 e. The van der Waals surface area contributed by atoms with Crippen LogP contribution < -0.4 is 61.4 Å². The fraction of sp³-hybridized carbons (Fsp3) is 0.333. The molecule has 0 fully saturated rings. The minimum absolute atomic E-state index is 0. The number of nitrogens with zero attached hydrogens (tertiary/aromatic N) is 2. The summed E-state index contributed by atoms with van der Waals surface area (Å²) in [5.74, 6) is -0.405. The molecule has 7 nitrogen and oxygen atoms in total. The molecular formula is C21H24ClF3KN3O4S. The molecule has 1 aliphatic rings. The molecule has 13 heteroatoms. The molecule has 182 valence electrons. The first-order chi connectivity index (χ1) is 15.5. The summed E-state index contributed by atoms with van der Waals surface area (Å²) in [4.78, 5) is 9.00. The number of aromatic hydroxyl groups is 1. The molecule has 2 aromatic rings. The van der Waals surface area contributed by atoms with Crippen molar-refractivity contribution in [3.8, 4) is 11.5 Å². The Morgan fingerprint density at radius 3 is 2.44 bits per heavy atom. The Kier molecular flexibility index (Phi) is 15.2. The number of phenolic OH excluding ortho intramolecular Hbond substituents is 1. The molecule has 34 heavy (non-hydrogen) atoms. The largest absolute Gasteiger partial charge is 1.00 e. The second kappa shape index (κ2) is 15.8. The Bertz CT molecular complexity index is 977. The van der Waals surface area contributed by atoms with Crippen LogP contribution in [0.15, 0.2) is 41.5 Å². The number of ether oxygens (including phenoxy) is 1. The van der Waals surface area contributed by atoms with Gasteiger partial charge in [0.05, 0.1) is 23.9 Å². The van der Waals surface area contributed by atoms with Gasteiger partial charge in [-0.15, -0.1) is 11.8 Å². The predicted octanol–water partition coefficient (Wildman–Crippen LogP) is 3.63. The molecule has 0 amide bonds. The van der Waals surface area contributed by atoms with Crippen LogP contribution >= 0.6 is 23.4 Å². The van der Waals surface area contributed by atoms with E-state index < -0.39 is 17.5 Å². The fourth-order valence-electron chi connectivity index (χ4n) is 2.65. The number of carboxylic acids is 1. The van der Waals surface area contributed by atoms with E-state index in [0.717, 1.165) is 6.92 Å². The fourth-order valence-corrected chi connectivity index (χ4v) is 4.03. The van der Waals surface area contributed by atoms with Crippen LogP contribution in [0.25, 0.3) is 5.43 Å². The van der Waals surface area contributed by atoms with Gasteiger partial charge < -0.3 is 30.8 Å². The number of amidine groups is 1. The number of hydrogen-bond donors (Lipinski definition) is 3. The number of halogens is 4. The van der Waals surface area contributed by atoms with Crippen LogP contribution in [0, 0.1) is 0 Å². The summed E-state index contributed by atoms with van der Waals surface area (Å²) in [5.41, 5.74) is 4.16. The molecule has 3 N–H and O–H groups in total. The predicted molar refractivity (Wildman–Crippen MR) is 126 cm³/mol. The van der Waals surface area contributed by atoms with Gasteiger partial charge in [-0.2, -0.15) is 13.2 Å². The van der Waals surface area contributed by atoms with Crippen molar-refractivity contribution in [2.75, 3.05) is 18.2 Å². The van der Waals surface area contributed by atoms with Gasteiger partial charge in [0.1, 0.15) is 0 Å². The topological polar surface area (TPSA) is 105 Å². The first-order valence-electron chi connectivity index (χ1n) is 9.60. The number of benzene rings is 2. The molecule has 2 aromatic carbocycles. The van der Waals surface area contributed by atoms with Crippen molar-refractivity contribution in [3.63, 3.8) is 0 Å². The molecule has 1 heterocycles. The Hall–Kier alpha value is -1.15. The number of fused-ring (bicyclic) bond motifs is 1. The van der Waals surface area contributed by atoms with E-state index in [4.69, 9.17) is 26.2 Å². The van der Waals surface area contributed by atoms with Crippen LogP contribution in [-0.4, -0.2) is 41.2 Å². The number of carboxylic acid groups (broad SMARTS) is 1. The second-order valence-electron chi connectivity index (χ2n) is 6.08. The Morgan fingerprint density at radius 2 is 1.88 bits per heavy atom. The maximum atomic E-state index is 12.4. The van der Waals surface area contributed by atoms with Crippen molar-refractivity contribution in [3.05, 3.63) is 58.0 Å². The van der Waals surface area contributed by atoms with Crippen molar-refractivity contribution >= 4 is 40.9 Å². The standard InChI is InChI=1S/C17H14ClF3N3O2S.C2H4O2.C2H6.K/c1-26-13-4-2-3-10(15(13)25)16-11-7-9(18)5-6-12(11)22-14(8-27-16)23-24-17(19,20)21;1-2(3)4;1-2;/h2-7,16,25H,8H2,1H3,(H,22,23);1H3,(H,3,4);1-2H3;/q-1;;;+1. The van der Waals surface area contributed by atoms with Crippen molar-refractivity contribution in [2.24, 2.45) is 5.10 Å². The van der Waals surface area contributed by atoms with Crippen LogP contribution in [0.3, 0.4) is 0 Å². The molecule has 0 aromatic heterocycles.